The van der Waals surface area contributed by atoms with Crippen LogP contribution in [-0.4, -0.2) is 33.6 Å². The number of aromatic nitrogens is 2. The first-order valence-electron chi connectivity index (χ1n) is 12.6. The molecule has 5 rings (SSSR count). The van der Waals surface area contributed by atoms with Crippen molar-refractivity contribution < 1.29 is 14.2 Å². The normalized spacial score (nSPS) is 20.9. The fourth-order valence-electron chi connectivity index (χ4n) is 4.47. The lowest BCUT2D eigenvalue weighted by Gasteiger charge is -2.27. The zero-order chi connectivity index (χ0) is 26.2. The van der Waals surface area contributed by atoms with Gasteiger partial charge in [0.05, 0.1) is 31.7 Å². The molecule has 1 saturated heterocycles. The van der Waals surface area contributed by atoms with Crippen LogP contribution >= 0.6 is 11.8 Å². The van der Waals surface area contributed by atoms with Crippen LogP contribution < -0.4 is 11.2 Å². The van der Waals surface area contributed by atoms with Crippen molar-refractivity contribution in [3.05, 3.63) is 141 Å². The molecule has 3 aromatic carbocycles. The number of nitrogens with zero attached hydrogens (tertiary/aromatic N) is 1. The molecule has 0 amide bonds. The van der Waals surface area contributed by atoms with Crippen molar-refractivity contribution in [3.8, 4) is 0 Å². The van der Waals surface area contributed by atoms with Gasteiger partial charge in [-0.2, -0.15) is 0 Å². The number of thioether (sulfide) groups is 1. The summed E-state index contributed by atoms with van der Waals surface area (Å²) in [6, 6.07) is 31.2. The average Bonchev–Trinajstić information content (AvgIpc) is 3.29. The molecule has 0 saturated carbocycles. The molecular formula is C30H30N2O5S. The van der Waals surface area contributed by atoms with Gasteiger partial charge in [0.15, 0.2) is 0 Å². The highest BCUT2D eigenvalue weighted by atomic mass is 32.2. The third kappa shape index (κ3) is 6.71. The molecule has 0 aliphatic carbocycles. The second-order valence-corrected chi connectivity index (χ2v) is 10.5. The Morgan fingerprint density at radius 2 is 1.21 bits per heavy atom. The van der Waals surface area contributed by atoms with Gasteiger partial charge >= 0.3 is 5.69 Å². The molecule has 4 aromatic rings. The van der Waals surface area contributed by atoms with E-state index in [-0.39, 0.29) is 11.4 Å². The van der Waals surface area contributed by atoms with Crippen molar-refractivity contribution in [2.24, 2.45) is 0 Å². The van der Waals surface area contributed by atoms with Crippen molar-refractivity contribution in [2.75, 3.05) is 6.61 Å². The Hall–Kier alpha value is -3.43. The fourth-order valence-corrected chi connectivity index (χ4v) is 6.08. The number of benzene rings is 3. The number of nitrogens with one attached hydrogen (secondary N) is 1. The van der Waals surface area contributed by atoms with Crippen LogP contribution in [-0.2, 0) is 34.0 Å². The number of hydrogen-bond acceptors (Lipinski definition) is 6. The maximum atomic E-state index is 12.8. The van der Waals surface area contributed by atoms with Gasteiger partial charge in [-0.3, -0.25) is 14.3 Å². The number of ether oxygens (including phenoxy) is 3. The molecule has 1 aromatic heterocycles. The highest BCUT2D eigenvalue weighted by Gasteiger charge is 2.47. The smallest absolute Gasteiger partial charge is 0.329 e. The molecule has 1 aliphatic rings. The Kier molecular flexibility index (Phi) is 8.88. The first-order chi connectivity index (χ1) is 18.7. The van der Waals surface area contributed by atoms with Crippen LogP contribution in [0.2, 0.25) is 0 Å². The Morgan fingerprint density at radius 3 is 1.76 bits per heavy atom. The molecular weight excluding hydrogens is 500 g/mol. The zero-order valence-electron chi connectivity index (χ0n) is 20.8. The lowest BCUT2D eigenvalue weighted by molar-refractivity contribution is -0.0920. The quantitative estimate of drug-likeness (QED) is 0.307. The van der Waals surface area contributed by atoms with E-state index in [1.165, 1.54) is 16.8 Å². The third-order valence-electron chi connectivity index (χ3n) is 6.38. The summed E-state index contributed by atoms with van der Waals surface area (Å²) in [6.45, 7) is 1.66. The number of rotatable bonds is 11. The molecule has 0 bridgehead atoms. The van der Waals surface area contributed by atoms with Gasteiger partial charge in [0.25, 0.3) is 5.56 Å². The molecule has 2 heterocycles. The van der Waals surface area contributed by atoms with Gasteiger partial charge in [-0.15, -0.1) is 11.8 Å². The van der Waals surface area contributed by atoms with E-state index in [1.807, 2.05) is 91.0 Å². The van der Waals surface area contributed by atoms with E-state index < -0.39 is 22.7 Å². The minimum atomic E-state index is -0.476. The lowest BCUT2D eigenvalue weighted by Crippen LogP contribution is -2.40. The van der Waals surface area contributed by atoms with Gasteiger partial charge < -0.3 is 14.2 Å². The van der Waals surface area contributed by atoms with Gasteiger partial charge in [0.2, 0.25) is 0 Å². The van der Waals surface area contributed by atoms with Crippen LogP contribution in [0.4, 0.5) is 0 Å². The van der Waals surface area contributed by atoms with E-state index in [9.17, 15) is 9.59 Å². The van der Waals surface area contributed by atoms with Gasteiger partial charge in [-0.1, -0.05) is 91.0 Å². The highest BCUT2D eigenvalue weighted by Crippen LogP contribution is 2.45. The molecule has 1 N–H and O–H groups in total. The predicted molar refractivity (Wildman–Crippen MR) is 148 cm³/mol. The van der Waals surface area contributed by atoms with Gasteiger partial charge in [-0.05, 0) is 16.7 Å². The first-order valence-corrected chi connectivity index (χ1v) is 13.5. The van der Waals surface area contributed by atoms with Crippen LogP contribution in [0.5, 0.6) is 0 Å². The van der Waals surface area contributed by atoms with Crippen LogP contribution in [0.25, 0.3) is 0 Å². The Bertz CT molecular complexity index is 1390. The van der Waals surface area contributed by atoms with E-state index in [1.54, 1.807) is 11.8 Å². The van der Waals surface area contributed by atoms with E-state index in [0.717, 1.165) is 16.7 Å². The van der Waals surface area contributed by atoms with E-state index >= 15 is 0 Å². The van der Waals surface area contributed by atoms with Crippen LogP contribution in [0, 0.1) is 0 Å². The first kappa shape index (κ1) is 26.2. The van der Waals surface area contributed by atoms with Gasteiger partial charge in [-0.25, -0.2) is 4.79 Å². The third-order valence-corrected chi connectivity index (χ3v) is 7.90. The lowest BCUT2D eigenvalue weighted by atomic mass is 10.1. The summed E-state index contributed by atoms with van der Waals surface area (Å²) in [4.78, 5) is 26.9. The number of aromatic amines is 1. The predicted octanol–water partition coefficient (Wildman–Crippen LogP) is 4.54. The van der Waals surface area contributed by atoms with Crippen LogP contribution in [0.15, 0.2) is 113 Å². The molecule has 196 valence electrons. The molecule has 7 nitrogen and oxygen atoms in total. The van der Waals surface area contributed by atoms with Crippen molar-refractivity contribution >= 4 is 11.8 Å². The summed E-state index contributed by atoms with van der Waals surface area (Å²) in [5.41, 5.74) is 2.25. The Morgan fingerprint density at radius 1 is 0.684 bits per heavy atom. The monoisotopic (exact) mass is 530 g/mol. The number of H-pyrrole nitrogens is 1. The van der Waals surface area contributed by atoms with Crippen molar-refractivity contribution in [3.63, 3.8) is 0 Å². The molecule has 1 fully saturated rings. The minimum Gasteiger partial charge on any atom is -0.376 e. The summed E-state index contributed by atoms with van der Waals surface area (Å²) < 4.78 is 20.6. The minimum absolute atomic E-state index is 0.105. The van der Waals surface area contributed by atoms with Gasteiger partial charge in [0, 0.05) is 12.3 Å². The molecule has 38 heavy (non-hydrogen) atoms. The Labute approximate surface area is 225 Å². The van der Waals surface area contributed by atoms with Crippen molar-refractivity contribution in [1.29, 1.82) is 0 Å². The van der Waals surface area contributed by atoms with E-state index in [0.29, 0.717) is 26.4 Å². The highest BCUT2D eigenvalue weighted by molar-refractivity contribution is 8.00. The van der Waals surface area contributed by atoms with Crippen molar-refractivity contribution in [1.82, 2.24) is 9.55 Å². The van der Waals surface area contributed by atoms with Gasteiger partial charge in [0.1, 0.15) is 17.6 Å². The second kappa shape index (κ2) is 12.9. The zero-order valence-corrected chi connectivity index (χ0v) is 21.7. The SMILES string of the molecule is O=c1ccn(C2SC(COCc3ccccc3)C(OCc3ccccc3)C2OCc2ccccc2)c(=O)[nH]1. The molecule has 4 atom stereocenters. The summed E-state index contributed by atoms with van der Waals surface area (Å²) in [6.07, 6.45) is 0.709. The summed E-state index contributed by atoms with van der Waals surface area (Å²) in [7, 11) is 0. The average molecular weight is 531 g/mol. The van der Waals surface area contributed by atoms with E-state index in [4.69, 9.17) is 14.2 Å². The standard InChI is InChI=1S/C30H30N2O5S/c33-26-16-17-32(30(34)31-26)29-28(37-20-24-14-8-3-9-15-24)27(36-19-23-12-6-2-7-13-23)25(38-29)21-35-18-22-10-4-1-5-11-22/h1-17,25,27-29H,18-21H2,(H,31,33,34). The fraction of sp³-hybridized carbons (Fsp3) is 0.267. The maximum absolute atomic E-state index is 12.8. The summed E-state index contributed by atoms with van der Waals surface area (Å²) in [5.74, 6) is 0. The summed E-state index contributed by atoms with van der Waals surface area (Å²) in [5, 5.41) is -0.513. The second-order valence-electron chi connectivity index (χ2n) is 9.11. The van der Waals surface area contributed by atoms with E-state index in [2.05, 4.69) is 4.98 Å². The topological polar surface area (TPSA) is 82.5 Å². The molecule has 0 radical (unpaired) electrons. The molecule has 0 spiro atoms. The van der Waals surface area contributed by atoms with Crippen LogP contribution in [0.1, 0.15) is 22.1 Å². The summed E-state index contributed by atoms with van der Waals surface area (Å²) >= 11 is 1.57. The largest absolute Gasteiger partial charge is 0.376 e. The Balaban J connectivity index is 1.41. The molecule has 8 heteroatoms. The molecule has 1 aliphatic heterocycles. The maximum Gasteiger partial charge on any atom is 0.329 e. The number of hydrogen-bond donors (Lipinski definition) is 1. The molecule has 4 unspecified atom stereocenters. The van der Waals surface area contributed by atoms with Crippen LogP contribution in [0.3, 0.4) is 0 Å². The van der Waals surface area contributed by atoms with Crippen molar-refractivity contribution in [2.45, 2.75) is 42.7 Å².